The van der Waals surface area contributed by atoms with Gasteiger partial charge in [0.15, 0.2) is 0 Å². The second-order valence-corrected chi connectivity index (χ2v) is 4.90. The summed E-state index contributed by atoms with van der Waals surface area (Å²) in [6.45, 7) is 2.16. The highest BCUT2D eigenvalue weighted by Crippen LogP contribution is 2.21. The number of hydrogen-bond donors (Lipinski definition) is 1. The number of benzene rings is 1. The third-order valence-electron chi connectivity index (χ3n) is 3.23. The van der Waals surface area contributed by atoms with Crippen LogP contribution in [0, 0.1) is 17.8 Å². The molecule has 0 saturated carbocycles. The van der Waals surface area contributed by atoms with E-state index in [2.05, 4.69) is 11.8 Å². The lowest BCUT2D eigenvalue weighted by atomic mass is 10.1. The molecule has 1 unspecified atom stereocenters. The molecule has 0 radical (unpaired) electrons. The second-order valence-electron chi connectivity index (χ2n) is 4.90. The molecule has 1 aliphatic rings. The Morgan fingerprint density at radius 2 is 2.00 bits per heavy atom. The molecule has 1 N–H and O–H groups in total. The summed E-state index contributed by atoms with van der Waals surface area (Å²) in [5.74, 6) is 5.38. The van der Waals surface area contributed by atoms with Gasteiger partial charge >= 0.3 is 0 Å². The molecule has 1 heterocycles. The molecule has 104 valence electrons. The largest absolute Gasteiger partial charge is 0.395 e. The summed E-state index contributed by atoms with van der Waals surface area (Å²) in [5.41, 5.74) is 1.77. The van der Waals surface area contributed by atoms with Crippen molar-refractivity contribution in [2.24, 2.45) is 5.92 Å². The van der Waals surface area contributed by atoms with E-state index in [0.29, 0.717) is 19.4 Å². The Morgan fingerprint density at radius 1 is 1.30 bits per heavy atom. The third-order valence-corrected chi connectivity index (χ3v) is 3.23. The summed E-state index contributed by atoms with van der Waals surface area (Å²) in [5, 5.41) is 8.65. The van der Waals surface area contributed by atoms with Crippen LogP contribution in [-0.4, -0.2) is 28.4 Å². The van der Waals surface area contributed by atoms with Crippen LogP contribution in [0.25, 0.3) is 0 Å². The van der Waals surface area contributed by atoms with Crippen LogP contribution in [-0.2, 0) is 16.1 Å². The summed E-state index contributed by atoms with van der Waals surface area (Å²) in [4.78, 5) is 24.8. The average Bonchev–Trinajstić information content (AvgIpc) is 2.67. The van der Waals surface area contributed by atoms with E-state index in [4.69, 9.17) is 5.11 Å². The quantitative estimate of drug-likeness (QED) is 0.666. The number of aliphatic hydroxyl groups is 1. The number of likely N-dealkylation sites (tertiary alicyclic amines) is 1. The van der Waals surface area contributed by atoms with E-state index in [1.54, 1.807) is 6.92 Å². The fraction of sp³-hybridized carbons (Fsp3) is 0.375. The van der Waals surface area contributed by atoms with Gasteiger partial charge in [-0.1, -0.05) is 30.9 Å². The minimum atomic E-state index is -0.203. The van der Waals surface area contributed by atoms with Crippen LogP contribution >= 0.6 is 0 Å². The molecule has 1 aromatic carbocycles. The first-order valence-corrected chi connectivity index (χ1v) is 6.64. The Labute approximate surface area is 118 Å². The molecular weight excluding hydrogens is 254 g/mol. The fourth-order valence-electron chi connectivity index (χ4n) is 2.11. The standard InChI is InChI=1S/C16H17NO3/c1-12-10-15(19)17(16(12)20)11-14-7-5-13(6-8-14)4-2-3-9-18/h5-8,12,18H,3,9-11H2,1H3. The highest BCUT2D eigenvalue weighted by Gasteiger charge is 2.35. The zero-order valence-electron chi connectivity index (χ0n) is 11.4. The Hall–Kier alpha value is -2.12. The molecule has 20 heavy (non-hydrogen) atoms. The maximum atomic E-state index is 11.8. The SMILES string of the molecule is CC1CC(=O)N(Cc2ccc(C#CCCO)cc2)C1=O. The topological polar surface area (TPSA) is 57.6 Å². The van der Waals surface area contributed by atoms with Gasteiger partial charge in [0, 0.05) is 24.3 Å². The number of imide groups is 1. The van der Waals surface area contributed by atoms with Crippen LogP contribution in [0.4, 0.5) is 0 Å². The van der Waals surface area contributed by atoms with Crippen molar-refractivity contribution < 1.29 is 14.7 Å². The normalized spacial score (nSPS) is 18.1. The van der Waals surface area contributed by atoms with Gasteiger partial charge in [-0.2, -0.15) is 0 Å². The zero-order valence-corrected chi connectivity index (χ0v) is 11.4. The van der Waals surface area contributed by atoms with Crippen LogP contribution < -0.4 is 0 Å². The summed E-state index contributed by atoms with van der Waals surface area (Å²) >= 11 is 0. The molecule has 0 spiro atoms. The number of carbonyl (C=O) groups excluding carboxylic acids is 2. The third kappa shape index (κ3) is 3.25. The molecule has 4 nitrogen and oxygen atoms in total. The summed E-state index contributed by atoms with van der Waals surface area (Å²) in [6.07, 6.45) is 0.764. The molecule has 0 bridgehead atoms. The molecule has 1 fully saturated rings. The van der Waals surface area contributed by atoms with Gasteiger partial charge in [0.2, 0.25) is 11.8 Å². The van der Waals surface area contributed by atoms with Crippen molar-refractivity contribution in [2.75, 3.05) is 6.61 Å². The number of hydrogen-bond acceptors (Lipinski definition) is 3. The fourth-order valence-corrected chi connectivity index (χ4v) is 2.11. The van der Waals surface area contributed by atoms with Gasteiger partial charge in [-0.25, -0.2) is 0 Å². The van der Waals surface area contributed by atoms with E-state index in [1.807, 2.05) is 24.3 Å². The van der Waals surface area contributed by atoms with Crippen molar-refractivity contribution in [1.29, 1.82) is 0 Å². The summed E-state index contributed by atoms with van der Waals surface area (Å²) < 4.78 is 0. The second kappa shape index (κ2) is 6.36. The molecule has 1 aliphatic heterocycles. The highest BCUT2D eigenvalue weighted by molar-refractivity contribution is 6.03. The first kappa shape index (κ1) is 14.3. The molecule has 1 atom stereocenters. The van der Waals surface area contributed by atoms with E-state index in [1.165, 1.54) is 4.90 Å². The minimum Gasteiger partial charge on any atom is -0.395 e. The molecule has 2 amide bonds. The van der Waals surface area contributed by atoms with Crippen LogP contribution in [0.2, 0.25) is 0 Å². The monoisotopic (exact) mass is 271 g/mol. The number of amides is 2. The minimum absolute atomic E-state index is 0.0580. The van der Waals surface area contributed by atoms with Gasteiger partial charge < -0.3 is 5.11 Å². The van der Waals surface area contributed by atoms with Crippen molar-refractivity contribution in [3.63, 3.8) is 0 Å². The predicted molar refractivity (Wildman–Crippen MR) is 74.4 cm³/mol. The van der Waals surface area contributed by atoms with Gasteiger partial charge in [-0.15, -0.1) is 0 Å². The lowest BCUT2D eigenvalue weighted by Crippen LogP contribution is -2.29. The average molecular weight is 271 g/mol. The van der Waals surface area contributed by atoms with Crippen molar-refractivity contribution in [3.05, 3.63) is 35.4 Å². The van der Waals surface area contributed by atoms with Crippen molar-refractivity contribution in [2.45, 2.75) is 26.3 Å². The van der Waals surface area contributed by atoms with Crippen LogP contribution in [0.5, 0.6) is 0 Å². The summed E-state index contributed by atoms with van der Waals surface area (Å²) in [7, 11) is 0. The highest BCUT2D eigenvalue weighted by atomic mass is 16.2. The first-order chi connectivity index (χ1) is 9.61. The zero-order chi connectivity index (χ0) is 14.5. The Morgan fingerprint density at radius 3 is 2.55 bits per heavy atom. The molecule has 2 rings (SSSR count). The number of rotatable bonds is 3. The Bertz CT molecular complexity index is 566. The van der Waals surface area contributed by atoms with E-state index in [0.717, 1.165) is 11.1 Å². The van der Waals surface area contributed by atoms with Crippen molar-refractivity contribution in [3.8, 4) is 11.8 Å². The van der Waals surface area contributed by atoms with Crippen molar-refractivity contribution in [1.82, 2.24) is 4.90 Å². The van der Waals surface area contributed by atoms with Gasteiger partial charge in [0.05, 0.1) is 13.2 Å². The smallest absolute Gasteiger partial charge is 0.232 e. The molecule has 0 aromatic heterocycles. The van der Waals surface area contributed by atoms with E-state index in [-0.39, 0.29) is 24.3 Å². The Balaban J connectivity index is 2.03. The van der Waals surface area contributed by atoms with Gasteiger partial charge in [0.1, 0.15) is 0 Å². The predicted octanol–water partition coefficient (Wildman–Crippen LogP) is 1.32. The lowest BCUT2D eigenvalue weighted by Gasteiger charge is -2.14. The summed E-state index contributed by atoms with van der Waals surface area (Å²) in [6, 6.07) is 7.45. The van der Waals surface area contributed by atoms with E-state index < -0.39 is 0 Å². The van der Waals surface area contributed by atoms with Crippen LogP contribution in [0.3, 0.4) is 0 Å². The Kier molecular flexibility index (Phi) is 4.54. The van der Waals surface area contributed by atoms with Crippen LogP contribution in [0.1, 0.15) is 30.9 Å². The van der Waals surface area contributed by atoms with Gasteiger partial charge in [0.25, 0.3) is 0 Å². The number of aliphatic hydroxyl groups excluding tert-OH is 1. The van der Waals surface area contributed by atoms with Crippen molar-refractivity contribution >= 4 is 11.8 Å². The van der Waals surface area contributed by atoms with Gasteiger partial charge in [-0.05, 0) is 17.7 Å². The first-order valence-electron chi connectivity index (χ1n) is 6.64. The molecule has 0 aliphatic carbocycles. The molecule has 1 aromatic rings. The van der Waals surface area contributed by atoms with E-state index in [9.17, 15) is 9.59 Å². The molecule has 1 saturated heterocycles. The van der Waals surface area contributed by atoms with Crippen LogP contribution in [0.15, 0.2) is 24.3 Å². The maximum absolute atomic E-state index is 11.8. The molecular formula is C16H17NO3. The van der Waals surface area contributed by atoms with Gasteiger partial charge in [-0.3, -0.25) is 14.5 Å². The number of nitrogens with zero attached hydrogens (tertiary/aromatic N) is 1. The molecule has 4 heteroatoms. The number of carbonyl (C=O) groups is 2. The maximum Gasteiger partial charge on any atom is 0.232 e. The van der Waals surface area contributed by atoms with E-state index >= 15 is 0 Å². The lowest BCUT2D eigenvalue weighted by molar-refractivity contribution is -0.139.